The minimum atomic E-state index is -1.11. The molecule has 1 aromatic rings. The van der Waals surface area contributed by atoms with E-state index in [1.54, 1.807) is 0 Å². The summed E-state index contributed by atoms with van der Waals surface area (Å²) in [6, 6.07) is 10.2. The Kier molecular flexibility index (Phi) is 5.33. The molecule has 2 aliphatic carbocycles. The van der Waals surface area contributed by atoms with Gasteiger partial charge in [-0.25, -0.2) is 0 Å². The molecule has 0 unspecified atom stereocenters. The number of aliphatic hydroxyl groups is 2. The molecule has 0 bridgehead atoms. The van der Waals surface area contributed by atoms with Gasteiger partial charge in [-0.2, -0.15) is 5.10 Å². The second kappa shape index (κ2) is 7.64. The first kappa shape index (κ1) is 23.0. The van der Waals surface area contributed by atoms with Crippen LogP contribution in [0.5, 0.6) is 0 Å². The zero-order valence-electron chi connectivity index (χ0n) is 20.4. The lowest BCUT2D eigenvalue weighted by Gasteiger charge is -2.53. The van der Waals surface area contributed by atoms with Gasteiger partial charge in [-0.05, 0) is 58.6 Å². The normalized spacial score (nSPS) is 43.5. The summed E-state index contributed by atoms with van der Waals surface area (Å²) in [4.78, 5) is 0. The molecule has 33 heavy (non-hydrogen) atoms. The third-order valence-electron chi connectivity index (χ3n) is 8.78. The van der Waals surface area contributed by atoms with Crippen LogP contribution in [-0.4, -0.2) is 51.7 Å². The van der Waals surface area contributed by atoms with E-state index in [1.807, 2.05) is 38.1 Å². The van der Waals surface area contributed by atoms with Crippen molar-refractivity contribution in [3.8, 4) is 0 Å². The van der Waals surface area contributed by atoms with Gasteiger partial charge in [0.2, 0.25) is 0 Å². The van der Waals surface area contributed by atoms with Crippen LogP contribution in [0, 0.1) is 29.6 Å². The first-order valence-corrected chi connectivity index (χ1v) is 12.3. The van der Waals surface area contributed by atoms with E-state index < -0.39 is 17.5 Å². The molecule has 0 amide bonds. The van der Waals surface area contributed by atoms with Crippen LogP contribution in [-0.2, 0) is 9.47 Å². The lowest BCUT2D eigenvalue weighted by molar-refractivity contribution is -0.299. The van der Waals surface area contributed by atoms with Crippen LogP contribution in [0.1, 0.15) is 47.5 Å². The van der Waals surface area contributed by atoms with Gasteiger partial charge < -0.3 is 19.7 Å². The van der Waals surface area contributed by atoms with Crippen molar-refractivity contribution in [1.82, 2.24) is 0 Å². The molecular formula is C27H38N2O4. The SMILES string of the molecule is C=C[C@H]1[C@H]2C(=NN(c3ccccc3)C2(C)C)C[C@@H](C)[C@]1(O)[C@@H]1C[C@@H]2COC(C)(C)O[C@@H]2[C@H]1O. The third-order valence-corrected chi connectivity index (χ3v) is 8.78. The molecule has 5 rings (SSSR count). The smallest absolute Gasteiger partial charge is 0.163 e. The fraction of sp³-hybridized carbons (Fsp3) is 0.667. The fourth-order valence-electron chi connectivity index (χ4n) is 7.21. The maximum absolute atomic E-state index is 12.5. The first-order valence-electron chi connectivity index (χ1n) is 12.3. The topological polar surface area (TPSA) is 74.5 Å². The van der Waals surface area contributed by atoms with Gasteiger partial charge in [-0.3, -0.25) is 5.01 Å². The monoisotopic (exact) mass is 454 g/mol. The lowest BCUT2D eigenvalue weighted by atomic mass is 9.54. The third kappa shape index (κ3) is 3.33. The number of hydrogen-bond acceptors (Lipinski definition) is 6. The Bertz CT molecular complexity index is 945. The Hall–Kier alpha value is -1.73. The predicted octanol–water partition coefficient (Wildman–Crippen LogP) is 3.98. The van der Waals surface area contributed by atoms with Gasteiger partial charge in [0.25, 0.3) is 0 Å². The van der Waals surface area contributed by atoms with Gasteiger partial charge in [-0.15, -0.1) is 6.58 Å². The van der Waals surface area contributed by atoms with E-state index in [4.69, 9.17) is 14.6 Å². The Morgan fingerprint density at radius 1 is 1.18 bits per heavy atom. The summed E-state index contributed by atoms with van der Waals surface area (Å²) in [6.07, 6.45) is 2.20. The largest absolute Gasteiger partial charge is 0.390 e. The predicted molar refractivity (Wildman–Crippen MR) is 129 cm³/mol. The Morgan fingerprint density at radius 2 is 1.88 bits per heavy atom. The van der Waals surface area contributed by atoms with E-state index in [-0.39, 0.29) is 41.2 Å². The summed E-state index contributed by atoms with van der Waals surface area (Å²) >= 11 is 0. The molecule has 4 aliphatic rings. The standard InChI is InChI=1S/C27H38N2O4/c1-7-19-22-21(28-29(25(22,3)4)18-11-9-8-10-12-18)13-16(2)27(19,31)20-14-17-15-32-26(5,6)33-24(17)23(20)30/h7-12,16-17,19-20,22-24,30-31H,1,13-15H2,2-6H3/t16-,17-,19+,20-,22+,23+,24+,27-/m1/s1. The Balaban J connectivity index is 1.51. The van der Waals surface area contributed by atoms with Crippen LogP contribution in [0.15, 0.2) is 48.1 Å². The molecule has 0 radical (unpaired) electrons. The molecule has 1 saturated heterocycles. The van der Waals surface area contributed by atoms with Gasteiger partial charge in [0.1, 0.15) is 0 Å². The van der Waals surface area contributed by atoms with E-state index in [0.717, 1.165) is 11.4 Å². The number of fused-ring (bicyclic) bond motifs is 2. The second-order valence-corrected chi connectivity index (χ2v) is 11.5. The van der Waals surface area contributed by atoms with Crippen LogP contribution in [0.25, 0.3) is 0 Å². The maximum atomic E-state index is 12.5. The molecule has 0 spiro atoms. The molecule has 2 heterocycles. The minimum Gasteiger partial charge on any atom is -0.390 e. The molecule has 2 aliphatic heterocycles. The van der Waals surface area contributed by atoms with E-state index in [2.05, 4.69) is 44.5 Å². The summed E-state index contributed by atoms with van der Waals surface area (Å²) in [7, 11) is 0. The molecule has 1 aromatic carbocycles. The summed E-state index contributed by atoms with van der Waals surface area (Å²) in [5.74, 6) is -1.27. The van der Waals surface area contributed by atoms with Gasteiger partial charge in [0, 0.05) is 29.4 Å². The highest BCUT2D eigenvalue weighted by Gasteiger charge is 2.65. The van der Waals surface area contributed by atoms with Crippen molar-refractivity contribution in [3.63, 3.8) is 0 Å². The molecule has 2 N–H and O–H groups in total. The molecule has 180 valence electrons. The van der Waals surface area contributed by atoms with Crippen LogP contribution < -0.4 is 5.01 Å². The van der Waals surface area contributed by atoms with Gasteiger partial charge in [0.05, 0.1) is 35.6 Å². The van der Waals surface area contributed by atoms with Crippen LogP contribution in [0.3, 0.4) is 0 Å². The number of ether oxygens (including phenoxy) is 2. The molecule has 3 fully saturated rings. The van der Waals surface area contributed by atoms with Crippen molar-refractivity contribution in [2.24, 2.45) is 34.7 Å². The average molecular weight is 455 g/mol. The van der Waals surface area contributed by atoms with Crippen molar-refractivity contribution in [2.45, 2.75) is 76.6 Å². The van der Waals surface area contributed by atoms with Gasteiger partial charge >= 0.3 is 0 Å². The Labute approximate surface area is 197 Å². The van der Waals surface area contributed by atoms with E-state index in [9.17, 15) is 10.2 Å². The highest BCUT2D eigenvalue weighted by Crippen LogP contribution is 2.57. The second-order valence-electron chi connectivity index (χ2n) is 11.5. The summed E-state index contributed by atoms with van der Waals surface area (Å²) in [5.41, 5.74) is 0.695. The molecule has 8 atom stereocenters. The lowest BCUT2D eigenvalue weighted by Crippen LogP contribution is -2.63. The quantitative estimate of drug-likeness (QED) is 0.676. The molecule has 0 aromatic heterocycles. The number of aliphatic hydroxyl groups excluding tert-OH is 1. The van der Waals surface area contributed by atoms with E-state index >= 15 is 0 Å². The van der Waals surface area contributed by atoms with Crippen LogP contribution in [0.4, 0.5) is 5.69 Å². The zero-order valence-corrected chi connectivity index (χ0v) is 20.4. The number of hydrogen-bond donors (Lipinski definition) is 2. The molecular weight excluding hydrogens is 416 g/mol. The number of hydrazone groups is 1. The zero-order chi connectivity index (χ0) is 23.8. The maximum Gasteiger partial charge on any atom is 0.163 e. The van der Waals surface area contributed by atoms with Crippen LogP contribution in [0.2, 0.25) is 0 Å². The van der Waals surface area contributed by atoms with Gasteiger partial charge in [0.15, 0.2) is 5.79 Å². The van der Waals surface area contributed by atoms with Crippen molar-refractivity contribution < 1.29 is 19.7 Å². The van der Waals surface area contributed by atoms with E-state index in [1.165, 1.54) is 0 Å². The number of anilines is 1. The van der Waals surface area contributed by atoms with Crippen molar-refractivity contribution in [2.75, 3.05) is 11.6 Å². The highest BCUT2D eigenvalue weighted by molar-refractivity contribution is 5.93. The molecule has 6 heteroatoms. The highest BCUT2D eigenvalue weighted by atomic mass is 16.7. The summed E-state index contributed by atoms with van der Waals surface area (Å²) < 4.78 is 12.0. The minimum absolute atomic E-state index is 0.000145. The van der Waals surface area contributed by atoms with Crippen LogP contribution >= 0.6 is 0 Å². The average Bonchev–Trinajstić information content (AvgIpc) is 3.22. The number of nitrogens with zero attached hydrogens (tertiary/aromatic N) is 2. The van der Waals surface area contributed by atoms with Gasteiger partial charge in [-0.1, -0.05) is 31.2 Å². The number of para-hydroxylation sites is 1. The number of benzene rings is 1. The summed E-state index contributed by atoms with van der Waals surface area (Å²) in [5, 5.41) is 31.1. The van der Waals surface area contributed by atoms with Crippen molar-refractivity contribution in [1.29, 1.82) is 0 Å². The fourth-order valence-corrected chi connectivity index (χ4v) is 7.21. The summed E-state index contributed by atoms with van der Waals surface area (Å²) in [6.45, 7) is 15.0. The van der Waals surface area contributed by atoms with Crippen molar-refractivity contribution >= 4 is 11.4 Å². The van der Waals surface area contributed by atoms with Crippen molar-refractivity contribution in [3.05, 3.63) is 43.0 Å². The molecule has 2 saturated carbocycles. The molecule has 6 nitrogen and oxygen atoms in total. The number of rotatable bonds is 3. The Morgan fingerprint density at radius 3 is 2.55 bits per heavy atom. The van der Waals surface area contributed by atoms with E-state index in [0.29, 0.717) is 19.4 Å². The first-order chi connectivity index (χ1) is 15.5.